The molecule has 5 nitrogen and oxygen atoms in total. The zero-order chi connectivity index (χ0) is 9.30. The Balaban J connectivity index is 2.72. The summed E-state index contributed by atoms with van der Waals surface area (Å²) < 4.78 is 20.0. The normalized spacial score (nSPS) is 35.8. The molecular formula is C6H10O5S. The molecule has 0 amide bonds. The molecule has 3 unspecified atom stereocenters. The molecule has 0 aromatic carbocycles. The molecule has 0 aromatic heterocycles. The van der Waals surface area contributed by atoms with Gasteiger partial charge >= 0.3 is 17.3 Å². The van der Waals surface area contributed by atoms with Gasteiger partial charge in [0.25, 0.3) is 0 Å². The number of rotatable bonds is 2. The fourth-order valence-electron chi connectivity index (χ4n) is 0.946. The molecule has 1 saturated heterocycles. The van der Waals surface area contributed by atoms with E-state index in [4.69, 9.17) is 9.29 Å². The van der Waals surface area contributed by atoms with Crippen LogP contribution in [0.3, 0.4) is 0 Å². The predicted octanol–water partition coefficient (Wildman–Crippen LogP) is 0.0897. The number of carboxylic acids is 1. The summed E-state index contributed by atoms with van der Waals surface area (Å²) in [6.45, 7) is 3.57. The number of carbonyl (C=O) groups is 1. The molecule has 0 aliphatic carbocycles. The average Bonchev–Trinajstić information content (AvgIpc) is 2.31. The molecule has 70 valence electrons. The van der Waals surface area contributed by atoms with Crippen molar-refractivity contribution in [2.45, 2.75) is 26.1 Å². The topological polar surface area (TPSA) is 72.8 Å². The van der Waals surface area contributed by atoms with Gasteiger partial charge in [0.05, 0.1) is 0 Å². The van der Waals surface area contributed by atoms with Crippen molar-refractivity contribution in [2.24, 2.45) is 5.92 Å². The van der Waals surface area contributed by atoms with Crippen molar-refractivity contribution in [3.63, 3.8) is 0 Å². The lowest BCUT2D eigenvalue weighted by atomic mass is 10.0. The molecular weight excluding hydrogens is 184 g/mol. The maximum Gasteiger partial charge on any atom is 0.337 e. The Morgan fingerprint density at radius 3 is 2.42 bits per heavy atom. The fraction of sp³-hybridized carbons (Fsp3) is 0.833. The van der Waals surface area contributed by atoms with E-state index in [9.17, 15) is 9.00 Å². The third-order valence-corrected chi connectivity index (χ3v) is 2.31. The van der Waals surface area contributed by atoms with Crippen LogP contribution < -0.4 is 0 Å². The van der Waals surface area contributed by atoms with E-state index in [-0.39, 0.29) is 5.92 Å². The second kappa shape index (κ2) is 3.51. The van der Waals surface area contributed by atoms with Gasteiger partial charge in [-0.2, -0.15) is 4.21 Å². The van der Waals surface area contributed by atoms with Crippen LogP contribution in [0.2, 0.25) is 0 Å². The Labute approximate surface area is 72.5 Å². The molecule has 0 bridgehead atoms. The first-order valence-corrected chi connectivity index (χ1v) is 4.51. The minimum atomic E-state index is -1.90. The Morgan fingerprint density at radius 2 is 2.08 bits per heavy atom. The van der Waals surface area contributed by atoms with Gasteiger partial charge in [0.2, 0.25) is 6.10 Å². The molecule has 0 spiro atoms. The first kappa shape index (κ1) is 9.63. The molecule has 1 fully saturated rings. The van der Waals surface area contributed by atoms with E-state index in [2.05, 4.69) is 4.18 Å². The number of aliphatic carboxylic acids is 1. The van der Waals surface area contributed by atoms with Crippen molar-refractivity contribution >= 4 is 17.3 Å². The van der Waals surface area contributed by atoms with E-state index in [1.807, 2.05) is 0 Å². The zero-order valence-corrected chi connectivity index (χ0v) is 7.54. The molecule has 1 rings (SSSR count). The Hall–Kier alpha value is -0.460. The van der Waals surface area contributed by atoms with E-state index in [0.29, 0.717) is 0 Å². The van der Waals surface area contributed by atoms with E-state index >= 15 is 0 Å². The largest absolute Gasteiger partial charge is 0.479 e. The molecule has 0 aromatic rings. The molecule has 0 radical (unpaired) electrons. The SMILES string of the molecule is CC(C)C1OS(=O)OC1C(=O)O. The first-order chi connectivity index (χ1) is 5.52. The maximum atomic E-state index is 10.7. The van der Waals surface area contributed by atoms with Gasteiger partial charge in [-0.3, -0.25) is 8.37 Å². The molecule has 1 N–H and O–H groups in total. The van der Waals surface area contributed by atoms with Crippen molar-refractivity contribution in [1.29, 1.82) is 0 Å². The van der Waals surface area contributed by atoms with Crippen molar-refractivity contribution in [2.75, 3.05) is 0 Å². The van der Waals surface area contributed by atoms with E-state index < -0.39 is 29.5 Å². The highest BCUT2D eigenvalue weighted by Gasteiger charge is 2.42. The molecule has 1 aliphatic heterocycles. The van der Waals surface area contributed by atoms with Crippen molar-refractivity contribution in [1.82, 2.24) is 0 Å². The molecule has 6 heteroatoms. The Bertz CT molecular complexity index is 214. The lowest BCUT2D eigenvalue weighted by Gasteiger charge is -2.13. The minimum Gasteiger partial charge on any atom is -0.479 e. The van der Waals surface area contributed by atoms with Crippen LogP contribution in [0.4, 0.5) is 0 Å². The fourth-order valence-corrected chi connectivity index (χ4v) is 1.86. The van der Waals surface area contributed by atoms with Crippen LogP contribution in [-0.4, -0.2) is 27.5 Å². The summed E-state index contributed by atoms with van der Waals surface area (Å²) >= 11 is -1.90. The van der Waals surface area contributed by atoms with Gasteiger partial charge in [-0.15, -0.1) is 0 Å². The lowest BCUT2D eigenvalue weighted by molar-refractivity contribution is -0.146. The molecule has 1 aliphatic rings. The van der Waals surface area contributed by atoms with Crippen LogP contribution in [0, 0.1) is 5.92 Å². The summed E-state index contributed by atoms with van der Waals surface area (Å²) in [6, 6.07) is 0. The van der Waals surface area contributed by atoms with E-state index in [1.54, 1.807) is 13.8 Å². The third-order valence-electron chi connectivity index (χ3n) is 1.57. The maximum absolute atomic E-state index is 10.7. The highest BCUT2D eigenvalue weighted by Crippen LogP contribution is 2.23. The van der Waals surface area contributed by atoms with Gasteiger partial charge in [-0.1, -0.05) is 13.8 Å². The second-order valence-corrected chi connectivity index (χ2v) is 3.66. The highest BCUT2D eigenvalue weighted by atomic mass is 32.2. The zero-order valence-electron chi connectivity index (χ0n) is 6.72. The number of hydrogen-bond acceptors (Lipinski definition) is 4. The van der Waals surface area contributed by atoms with Crippen LogP contribution >= 0.6 is 0 Å². The third kappa shape index (κ3) is 1.82. The smallest absolute Gasteiger partial charge is 0.337 e. The standard InChI is InChI=1S/C6H10O5S/c1-3(2)4-5(6(7)8)11-12(9)10-4/h3-5H,1-2H3,(H,7,8). The van der Waals surface area contributed by atoms with Crippen molar-refractivity contribution < 1.29 is 22.5 Å². The summed E-state index contributed by atoms with van der Waals surface area (Å²) in [6.07, 6.45) is -1.73. The van der Waals surface area contributed by atoms with Crippen LogP contribution in [-0.2, 0) is 24.5 Å². The van der Waals surface area contributed by atoms with Crippen LogP contribution in [0.15, 0.2) is 0 Å². The molecule has 12 heavy (non-hydrogen) atoms. The monoisotopic (exact) mass is 194 g/mol. The van der Waals surface area contributed by atoms with Crippen LogP contribution in [0.5, 0.6) is 0 Å². The van der Waals surface area contributed by atoms with Gasteiger partial charge in [0.15, 0.2) is 0 Å². The van der Waals surface area contributed by atoms with E-state index in [0.717, 1.165) is 0 Å². The van der Waals surface area contributed by atoms with E-state index in [1.165, 1.54) is 0 Å². The molecule has 0 saturated carbocycles. The van der Waals surface area contributed by atoms with Crippen molar-refractivity contribution in [3.8, 4) is 0 Å². The van der Waals surface area contributed by atoms with Gasteiger partial charge in [-0.25, -0.2) is 4.79 Å². The second-order valence-electron chi connectivity index (χ2n) is 2.86. The van der Waals surface area contributed by atoms with Crippen LogP contribution in [0.1, 0.15) is 13.8 Å². The molecule has 3 atom stereocenters. The number of hydrogen-bond donors (Lipinski definition) is 1. The summed E-state index contributed by atoms with van der Waals surface area (Å²) in [4.78, 5) is 10.5. The summed E-state index contributed by atoms with van der Waals surface area (Å²) in [5.41, 5.74) is 0. The summed E-state index contributed by atoms with van der Waals surface area (Å²) in [7, 11) is 0. The van der Waals surface area contributed by atoms with Gasteiger partial charge < -0.3 is 5.11 Å². The molecule has 1 heterocycles. The van der Waals surface area contributed by atoms with Gasteiger partial charge in [0, 0.05) is 0 Å². The van der Waals surface area contributed by atoms with Crippen molar-refractivity contribution in [3.05, 3.63) is 0 Å². The Morgan fingerprint density at radius 1 is 1.50 bits per heavy atom. The van der Waals surface area contributed by atoms with Gasteiger partial charge in [-0.05, 0) is 5.92 Å². The minimum absolute atomic E-state index is 0.0300. The quantitative estimate of drug-likeness (QED) is 0.674. The van der Waals surface area contributed by atoms with Gasteiger partial charge in [0.1, 0.15) is 6.10 Å². The van der Waals surface area contributed by atoms with Crippen LogP contribution in [0.25, 0.3) is 0 Å². The highest BCUT2D eigenvalue weighted by molar-refractivity contribution is 7.75. The summed E-state index contributed by atoms with van der Waals surface area (Å²) in [5.74, 6) is -1.17. The lowest BCUT2D eigenvalue weighted by Crippen LogP contribution is -2.34. The number of carboxylic acid groups (broad SMARTS) is 1. The summed E-state index contributed by atoms with van der Waals surface area (Å²) in [5, 5.41) is 8.61. The predicted molar refractivity (Wildman–Crippen MR) is 40.4 cm³/mol. The first-order valence-electron chi connectivity index (χ1n) is 3.51. The average molecular weight is 194 g/mol. The Kier molecular flexibility index (Phi) is 2.81.